The van der Waals surface area contributed by atoms with Gasteiger partial charge in [-0.2, -0.15) is 0 Å². The van der Waals surface area contributed by atoms with Crippen LogP contribution in [0.25, 0.3) is 10.2 Å². The minimum Gasteiger partial charge on any atom is -0.280 e. The van der Waals surface area contributed by atoms with E-state index >= 15 is 0 Å². The number of rotatable bonds is 6. The van der Waals surface area contributed by atoms with Gasteiger partial charge in [0.1, 0.15) is 17.0 Å². The Kier molecular flexibility index (Phi) is 5.76. The van der Waals surface area contributed by atoms with Crippen LogP contribution in [0.3, 0.4) is 0 Å². The first-order chi connectivity index (χ1) is 15.3. The van der Waals surface area contributed by atoms with Crippen molar-refractivity contribution in [2.24, 2.45) is 0 Å². The van der Waals surface area contributed by atoms with Gasteiger partial charge in [0.2, 0.25) is 0 Å². The van der Waals surface area contributed by atoms with Crippen molar-refractivity contribution in [3.05, 3.63) is 87.5 Å². The molecule has 0 unspecified atom stereocenters. The smallest absolute Gasteiger partial charge is 0.280 e. The molecule has 2 aromatic carbocycles. The van der Waals surface area contributed by atoms with E-state index in [4.69, 9.17) is 0 Å². The van der Waals surface area contributed by atoms with E-state index in [1.54, 1.807) is 6.07 Å². The zero-order chi connectivity index (χ0) is 22.9. The number of hydrogen-bond donors (Lipinski definition) is 2. The minimum absolute atomic E-state index is 0.0796. The van der Waals surface area contributed by atoms with Crippen LogP contribution in [0.4, 0.5) is 10.1 Å². The van der Waals surface area contributed by atoms with Crippen LogP contribution in [0.5, 0.6) is 0 Å². The number of carbonyl (C=O) groups is 1. The molecule has 2 N–H and O–H groups in total. The van der Waals surface area contributed by atoms with Crippen molar-refractivity contribution in [1.82, 2.24) is 9.66 Å². The Bertz CT molecular complexity index is 1460. The molecule has 11 heteroatoms. The summed E-state index contributed by atoms with van der Waals surface area (Å²) in [5.74, 6) is -1.09. The molecule has 0 bridgehead atoms. The van der Waals surface area contributed by atoms with Gasteiger partial charge in [0.25, 0.3) is 21.5 Å². The Morgan fingerprint density at radius 3 is 2.47 bits per heavy atom. The zero-order valence-electron chi connectivity index (χ0n) is 16.7. The lowest BCUT2D eigenvalue weighted by atomic mass is 10.2. The number of nitrogens with one attached hydrogen (secondary N) is 2. The first-order valence-corrected chi connectivity index (χ1v) is 11.8. The van der Waals surface area contributed by atoms with Gasteiger partial charge < -0.3 is 0 Å². The van der Waals surface area contributed by atoms with Gasteiger partial charge in [-0.05, 0) is 61.0 Å². The molecule has 4 aromatic rings. The molecule has 0 saturated carbocycles. The molecule has 32 heavy (non-hydrogen) atoms. The fraction of sp³-hybridized carbons (Fsp3) is 0.0952. The molecule has 0 aliphatic carbocycles. The summed E-state index contributed by atoms with van der Waals surface area (Å²) in [6.45, 7) is 1.98. The molecule has 0 spiro atoms. The SMILES string of the molecule is CCc1cc2c(=O)n(NC(=O)c3ccc(S(=O)(=O)Nc4ccc(F)cc4)cc3)cnc2s1. The number of nitrogens with zero attached hydrogens (tertiary/aromatic N) is 2. The number of halogens is 1. The normalized spacial score (nSPS) is 11.4. The van der Waals surface area contributed by atoms with E-state index in [1.807, 2.05) is 6.92 Å². The molecule has 4 rings (SSSR count). The number of hydrogen-bond acceptors (Lipinski definition) is 6. The lowest BCUT2D eigenvalue weighted by molar-refractivity contribution is 0.101. The number of amides is 1. The minimum atomic E-state index is -3.93. The zero-order valence-corrected chi connectivity index (χ0v) is 18.3. The van der Waals surface area contributed by atoms with Crippen molar-refractivity contribution in [3.8, 4) is 0 Å². The molecule has 0 aliphatic rings. The Hall–Kier alpha value is -3.57. The topological polar surface area (TPSA) is 110 Å². The molecule has 1 amide bonds. The molecule has 8 nitrogen and oxygen atoms in total. The third-order valence-corrected chi connectivity index (χ3v) is 7.18. The average molecular weight is 473 g/mol. The molecular weight excluding hydrogens is 455 g/mol. The van der Waals surface area contributed by atoms with Crippen molar-refractivity contribution in [2.45, 2.75) is 18.2 Å². The highest BCUT2D eigenvalue weighted by Crippen LogP contribution is 2.21. The molecule has 0 fully saturated rings. The summed E-state index contributed by atoms with van der Waals surface area (Å²) >= 11 is 1.42. The predicted molar refractivity (Wildman–Crippen MR) is 121 cm³/mol. The van der Waals surface area contributed by atoms with Gasteiger partial charge in [-0.3, -0.25) is 19.7 Å². The van der Waals surface area contributed by atoms with Crippen molar-refractivity contribution < 1.29 is 17.6 Å². The number of sulfonamides is 1. The Morgan fingerprint density at radius 1 is 1.12 bits per heavy atom. The van der Waals surface area contributed by atoms with Gasteiger partial charge in [-0.15, -0.1) is 11.3 Å². The molecule has 2 heterocycles. The first kappa shape index (κ1) is 21.7. The largest absolute Gasteiger partial charge is 0.280 e. The fourth-order valence-electron chi connectivity index (χ4n) is 2.92. The van der Waals surface area contributed by atoms with Gasteiger partial charge in [0.15, 0.2) is 0 Å². The van der Waals surface area contributed by atoms with Crippen LogP contribution >= 0.6 is 11.3 Å². The molecule has 0 aliphatic heterocycles. The lowest BCUT2D eigenvalue weighted by Gasteiger charge is -2.10. The van der Waals surface area contributed by atoms with E-state index in [-0.39, 0.29) is 16.1 Å². The Balaban J connectivity index is 1.52. The maximum Gasteiger partial charge on any atom is 0.280 e. The summed E-state index contributed by atoms with van der Waals surface area (Å²) < 4.78 is 41.3. The van der Waals surface area contributed by atoms with Crippen molar-refractivity contribution in [3.63, 3.8) is 0 Å². The van der Waals surface area contributed by atoms with Crippen molar-refractivity contribution in [2.75, 3.05) is 10.1 Å². The summed E-state index contributed by atoms with van der Waals surface area (Å²) in [6.07, 6.45) is 2.02. The average Bonchev–Trinajstić information content (AvgIpc) is 3.21. The summed E-state index contributed by atoms with van der Waals surface area (Å²) in [7, 11) is -3.93. The number of anilines is 1. The summed E-state index contributed by atoms with van der Waals surface area (Å²) in [5.41, 5.74) is 2.41. The third-order valence-electron chi connectivity index (χ3n) is 4.60. The predicted octanol–water partition coefficient (Wildman–Crippen LogP) is 3.34. The fourth-order valence-corrected chi connectivity index (χ4v) is 4.90. The second-order valence-electron chi connectivity index (χ2n) is 6.78. The first-order valence-electron chi connectivity index (χ1n) is 9.47. The monoisotopic (exact) mass is 472 g/mol. The Labute approximate surface area is 186 Å². The quantitative estimate of drug-likeness (QED) is 0.447. The van der Waals surface area contributed by atoms with Crippen LogP contribution in [-0.2, 0) is 16.4 Å². The van der Waals surface area contributed by atoms with Gasteiger partial charge >= 0.3 is 0 Å². The number of thiophene rings is 1. The molecule has 0 radical (unpaired) electrons. The van der Waals surface area contributed by atoms with Crippen molar-refractivity contribution in [1.29, 1.82) is 0 Å². The molecule has 0 saturated heterocycles. The van der Waals surface area contributed by atoms with Crippen molar-refractivity contribution >= 4 is 43.2 Å². The van der Waals surface area contributed by atoms with Crippen LogP contribution < -0.4 is 15.7 Å². The highest BCUT2D eigenvalue weighted by Gasteiger charge is 2.16. The summed E-state index contributed by atoms with van der Waals surface area (Å²) in [4.78, 5) is 30.9. The van der Waals surface area contributed by atoms with E-state index in [1.165, 1.54) is 54.1 Å². The van der Waals surface area contributed by atoms with E-state index in [2.05, 4.69) is 15.1 Å². The lowest BCUT2D eigenvalue weighted by Crippen LogP contribution is -2.33. The van der Waals surface area contributed by atoms with E-state index < -0.39 is 27.3 Å². The van der Waals surface area contributed by atoms with Crippen LogP contribution in [0.2, 0.25) is 0 Å². The second kappa shape index (κ2) is 8.52. The maximum atomic E-state index is 13.0. The third kappa shape index (κ3) is 4.39. The van der Waals surface area contributed by atoms with E-state index in [0.29, 0.717) is 10.2 Å². The number of aryl methyl sites for hydroxylation is 1. The second-order valence-corrected chi connectivity index (χ2v) is 9.58. The summed E-state index contributed by atoms with van der Waals surface area (Å²) in [6, 6.07) is 11.8. The number of benzene rings is 2. The van der Waals surface area contributed by atoms with Gasteiger partial charge in [-0.25, -0.2) is 22.5 Å². The van der Waals surface area contributed by atoms with Crippen LogP contribution in [-0.4, -0.2) is 24.0 Å². The molecule has 0 atom stereocenters. The highest BCUT2D eigenvalue weighted by molar-refractivity contribution is 7.92. The molecule has 164 valence electrons. The highest BCUT2D eigenvalue weighted by atomic mass is 32.2. The van der Waals surface area contributed by atoms with Gasteiger partial charge in [-0.1, -0.05) is 6.92 Å². The standard InChI is InChI=1S/C21H17FN4O4S2/c1-2-16-11-18-20(31-16)23-12-26(21(18)28)24-19(27)13-3-9-17(10-4-13)32(29,30)25-15-7-5-14(22)6-8-15/h3-12,25H,2H2,1H3,(H,24,27). The number of carbonyl (C=O) groups excluding carboxylic acids is 1. The van der Waals surface area contributed by atoms with Crippen LogP contribution in [0.15, 0.2) is 70.6 Å². The van der Waals surface area contributed by atoms with Gasteiger partial charge in [0, 0.05) is 16.1 Å². The maximum absolute atomic E-state index is 13.0. The number of fused-ring (bicyclic) bond motifs is 1. The van der Waals surface area contributed by atoms with Crippen LogP contribution in [0, 0.1) is 5.82 Å². The molecular formula is C21H17FN4O4S2. The van der Waals surface area contributed by atoms with E-state index in [0.717, 1.165) is 28.1 Å². The van der Waals surface area contributed by atoms with Gasteiger partial charge in [0.05, 0.1) is 10.3 Å². The van der Waals surface area contributed by atoms with E-state index in [9.17, 15) is 22.4 Å². The number of aromatic nitrogens is 2. The van der Waals surface area contributed by atoms with Crippen LogP contribution in [0.1, 0.15) is 22.2 Å². The summed E-state index contributed by atoms with van der Waals surface area (Å²) in [5, 5.41) is 0.419. The Morgan fingerprint density at radius 2 is 1.81 bits per heavy atom. The molecule has 2 aromatic heterocycles.